The van der Waals surface area contributed by atoms with Gasteiger partial charge in [-0.25, -0.2) is 9.97 Å². The molecule has 7 nitrogen and oxygen atoms in total. The molecule has 0 amide bonds. The normalized spacial score (nSPS) is 11.9. The highest BCUT2D eigenvalue weighted by molar-refractivity contribution is 9.10. The minimum absolute atomic E-state index is 0.103. The zero-order valence-corrected chi connectivity index (χ0v) is 23.3. The SMILES string of the molecule is COC(=O)CCCCCCCCOc1cc2nc(C)nc(NC(C)c3cc(Br)cs3)c2cc1OC. The van der Waals surface area contributed by atoms with Crippen LogP contribution < -0.4 is 14.8 Å². The number of methoxy groups -OCH3 is 2. The summed E-state index contributed by atoms with van der Waals surface area (Å²) in [7, 11) is 3.08. The number of hydrogen-bond donors (Lipinski definition) is 1. The number of aromatic nitrogens is 2. The largest absolute Gasteiger partial charge is 0.493 e. The third-order valence-corrected chi connectivity index (χ3v) is 7.60. The number of carbonyl (C=O) groups is 1. The molecule has 0 radical (unpaired) electrons. The molecule has 3 rings (SSSR count). The third kappa shape index (κ3) is 8.07. The molecule has 9 heteroatoms. The molecule has 0 aliphatic heterocycles. The van der Waals surface area contributed by atoms with E-state index in [-0.39, 0.29) is 12.0 Å². The Morgan fingerprint density at radius 2 is 1.80 bits per heavy atom. The van der Waals surface area contributed by atoms with Gasteiger partial charge in [0.1, 0.15) is 11.6 Å². The van der Waals surface area contributed by atoms with Crippen LogP contribution in [0.15, 0.2) is 28.1 Å². The molecule has 0 fully saturated rings. The van der Waals surface area contributed by atoms with Crippen molar-refractivity contribution >= 4 is 50.0 Å². The van der Waals surface area contributed by atoms with E-state index in [1.807, 2.05) is 19.1 Å². The fourth-order valence-corrected chi connectivity index (χ4v) is 5.28. The van der Waals surface area contributed by atoms with Crippen LogP contribution in [-0.2, 0) is 9.53 Å². The van der Waals surface area contributed by atoms with Gasteiger partial charge in [0.25, 0.3) is 0 Å². The monoisotopic (exact) mass is 563 g/mol. The Labute approximate surface area is 219 Å². The van der Waals surface area contributed by atoms with Gasteiger partial charge in [-0.1, -0.05) is 25.7 Å². The van der Waals surface area contributed by atoms with E-state index < -0.39 is 0 Å². The molecule has 1 atom stereocenters. The summed E-state index contributed by atoms with van der Waals surface area (Å²) in [6, 6.07) is 6.11. The number of benzene rings is 1. The molecule has 0 saturated heterocycles. The molecule has 3 aromatic rings. The summed E-state index contributed by atoms with van der Waals surface area (Å²) in [5.41, 5.74) is 0.820. The molecular formula is C26H34BrN3O4S. The van der Waals surface area contributed by atoms with E-state index in [9.17, 15) is 4.79 Å². The highest BCUT2D eigenvalue weighted by Gasteiger charge is 2.16. The predicted octanol–water partition coefficient (Wildman–Crippen LogP) is 7.23. The first kappa shape index (κ1) is 27.2. The number of halogens is 1. The van der Waals surface area contributed by atoms with E-state index in [0.717, 1.165) is 59.7 Å². The Morgan fingerprint density at radius 1 is 1.06 bits per heavy atom. The van der Waals surface area contributed by atoms with Crippen molar-refractivity contribution in [2.24, 2.45) is 0 Å². The fourth-order valence-electron chi connectivity index (χ4n) is 3.83. The minimum atomic E-state index is -0.128. The number of unbranched alkanes of at least 4 members (excludes halogenated alkanes) is 5. The van der Waals surface area contributed by atoms with Crippen LogP contribution in [0.2, 0.25) is 0 Å². The first-order valence-electron chi connectivity index (χ1n) is 12.0. The average Bonchev–Trinajstić information content (AvgIpc) is 3.28. The number of fused-ring (bicyclic) bond motifs is 1. The molecule has 0 aliphatic carbocycles. The summed E-state index contributed by atoms with van der Waals surface area (Å²) in [5.74, 6) is 2.71. The second kappa shape index (κ2) is 13.6. The Hall–Kier alpha value is -2.39. The number of thiophene rings is 1. The molecule has 0 spiro atoms. The highest BCUT2D eigenvalue weighted by Crippen LogP contribution is 2.36. The molecule has 190 valence electrons. The summed E-state index contributed by atoms with van der Waals surface area (Å²) in [5, 5.41) is 6.51. The van der Waals surface area contributed by atoms with Crippen LogP contribution in [0.5, 0.6) is 11.5 Å². The van der Waals surface area contributed by atoms with E-state index in [2.05, 4.69) is 54.3 Å². The lowest BCUT2D eigenvalue weighted by Gasteiger charge is -2.17. The molecule has 2 heterocycles. The number of nitrogens with zero attached hydrogens (tertiary/aromatic N) is 2. The van der Waals surface area contributed by atoms with Gasteiger partial charge in [0.2, 0.25) is 0 Å². The van der Waals surface area contributed by atoms with Gasteiger partial charge in [-0.2, -0.15) is 0 Å². The van der Waals surface area contributed by atoms with Crippen LogP contribution in [0.3, 0.4) is 0 Å². The maximum Gasteiger partial charge on any atom is 0.305 e. The van der Waals surface area contributed by atoms with E-state index in [0.29, 0.717) is 30.4 Å². The van der Waals surface area contributed by atoms with Crippen molar-refractivity contribution in [2.75, 3.05) is 26.1 Å². The molecule has 0 bridgehead atoms. The van der Waals surface area contributed by atoms with Gasteiger partial charge in [0.05, 0.1) is 32.4 Å². The standard InChI is InChI=1S/C26H34BrN3O4S/c1-17(24-13-19(27)16-35-24)28-26-20-14-22(32-3)23(15-21(20)29-18(2)30-26)34-12-10-8-6-5-7-9-11-25(31)33-4/h13-17H,5-12H2,1-4H3,(H,28,29,30). The van der Waals surface area contributed by atoms with Crippen LogP contribution >= 0.6 is 27.3 Å². The number of aryl methyl sites for hydroxylation is 1. The summed E-state index contributed by atoms with van der Waals surface area (Å²) in [6.07, 6.45) is 6.72. The molecule has 1 aromatic carbocycles. The third-order valence-electron chi connectivity index (χ3n) is 5.72. The van der Waals surface area contributed by atoms with Crippen molar-refractivity contribution < 1.29 is 19.0 Å². The fraction of sp³-hybridized carbons (Fsp3) is 0.500. The van der Waals surface area contributed by atoms with Crippen LogP contribution in [0.1, 0.15) is 68.6 Å². The van der Waals surface area contributed by atoms with Crippen LogP contribution in [0.25, 0.3) is 10.9 Å². The maximum absolute atomic E-state index is 11.1. The highest BCUT2D eigenvalue weighted by atomic mass is 79.9. The maximum atomic E-state index is 11.1. The summed E-state index contributed by atoms with van der Waals surface area (Å²) in [4.78, 5) is 21.7. The molecular weight excluding hydrogens is 530 g/mol. The van der Waals surface area contributed by atoms with E-state index in [4.69, 9.17) is 9.47 Å². The average molecular weight is 565 g/mol. The molecule has 1 unspecified atom stereocenters. The van der Waals surface area contributed by atoms with Crippen molar-refractivity contribution in [1.82, 2.24) is 9.97 Å². The van der Waals surface area contributed by atoms with Crippen molar-refractivity contribution in [3.63, 3.8) is 0 Å². The van der Waals surface area contributed by atoms with Gasteiger partial charge in [-0.05, 0) is 54.8 Å². The summed E-state index contributed by atoms with van der Waals surface area (Å²) in [6.45, 7) is 4.63. The lowest BCUT2D eigenvalue weighted by Crippen LogP contribution is -2.09. The number of carbonyl (C=O) groups excluding carboxylic acids is 1. The Morgan fingerprint density at radius 3 is 2.49 bits per heavy atom. The van der Waals surface area contributed by atoms with E-state index in [1.54, 1.807) is 18.4 Å². The number of nitrogens with one attached hydrogen (secondary N) is 1. The van der Waals surface area contributed by atoms with Gasteiger partial charge in [0.15, 0.2) is 11.5 Å². The lowest BCUT2D eigenvalue weighted by molar-refractivity contribution is -0.140. The van der Waals surface area contributed by atoms with Gasteiger partial charge in [0, 0.05) is 32.6 Å². The molecule has 0 saturated carbocycles. The van der Waals surface area contributed by atoms with Gasteiger partial charge in [-0.3, -0.25) is 4.79 Å². The van der Waals surface area contributed by atoms with Crippen molar-refractivity contribution in [3.05, 3.63) is 38.8 Å². The van der Waals surface area contributed by atoms with Gasteiger partial charge >= 0.3 is 5.97 Å². The number of rotatable bonds is 14. The zero-order valence-electron chi connectivity index (χ0n) is 20.9. The zero-order chi connectivity index (χ0) is 25.2. The van der Waals surface area contributed by atoms with E-state index >= 15 is 0 Å². The second-order valence-corrected chi connectivity index (χ2v) is 10.3. The summed E-state index contributed by atoms with van der Waals surface area (Å²) < 4.78 is 17.5. The van der Waals surface area contributed by atoms with Crippen LogP contribution in [0, 0.1) is 6.92 Å². The molecule has 0 aliphatic rings. The second-order valence-electron chi connectivity index (χ2n) is 8.47. The van der Waals surface area contributed by atoms with Crippen molar-refractivity contribution in [2.45, 2.75) is 64.8 Å². The van der Waals surface area contributed by atoms with Crippen LogP contribution in [-0.4, -0.2) is 36.8 Å². The topological polar surface area (TPSA) is 82.6 Å². The Balaban J connectivity index is 1.58. The van der Waals surface area contributed by atoms with Crippen molar-refractivity contribution in [1.29, 1.82) is 0 Å². The number of ether oxygens (including phenoxy) is 3. The number of esters is 1. The number of anilines is 1. The van der Waals surface area contributed by atoms with Gasteiger partial charge in [-0.15, -0.1) is 11.3 Å². The molecule has 2 aromatic heterocycles. The van der Waals surface area contributed by atoms with Crippen LogP contribution in [0.4, 0.5) is 5.82 Å². The predicted molar refractivity (Wildman–Crippen MR) is 145 cm³/mol. The Kier molecular flexibility index (Phi) is 10.6. The first-order chi connectivity index (χ1) is 16.9. The summed E-state index contributed by atoms with van der Waals surface area (Å²) >= 11 is 5.23. The lowest BCUT2D eigenvalue weighted by atomic mass is 10.1. The van der Waals surface area contributed by atoms with Gasteiger partial charge < -0.3 is 19.5 Å². The number of hydrogen-bond acceptors (Lipinski definition) is 8. The molecule has 35 heavy (non-hydrogen) atoms. The molecule has 1 N–H and O–H groups in total. The first-order valence-corrected chi connectivity index (χ1v) is 13.6. The quantitative estimate of drug-likeness (QED) is 0.163. The minimum Gasteiger partial charge on any atom is -0.493 e. The van der Waals surface area contributed by atoms with E-state index in [1.165, 1.54) is 12.0 Å². The smallest absolute Gasteiger partial charge is 0.305 e. The Bertz CT molecular complexity index is 1120. The van der Waals surface area contributed by atoms with Crippen molar-refractivity contribution in [3.8, 4) is 11.5 Å².